The van der Waals surface area contributed by atoms with Crippen LogP contribution in [-0.4, -0.2) is 23.3 Å². The molecule has 0 saturated heterocycles. The molecule has 0 rings (SSSR count). The molecule has 0 aliphatic heterocycles. The number of aliphatic hydroxyl groups is 1. The van der Waals surface area contributed by atoms with Gasteiger partial charge in [0.1, 0.15) is 6.10 Å². The summed E-state index contributed by atoms with van der Waals surface area (Å²) in [7, 11) is 0. The van der Waals surface area contributed by atoms with E-state index >= 15 is 0 Å². The third-order valence-electron chi connectivity index (χ3n) is 2.92. The van der Waals surface area contributed by atoms with E-state index < -0.39 is 0 Å². The van der Waals surface area contributed by atoms with Crippen LogP contribution in [-0.2, 0) is 9.53 Å². The maximum absolute atomic E-state index is 11.4. The predicted octanol–water partition coefficient (Wildman–Crippen LogP) is 2.91. The molecule has 0 aromatic heterocycles. The van der Waals surface area contributed by atoms with E-state index in [9.17, 15) is 9.90 Å². The first-order valence-corrected chi connectivity index (χ1v) is 6.44. The number of rotatable bonds is 8. The van der Waals surface area contributed by atoms with Gasteiger partial charge in [0.2, 0.25) is 0 Å². The van der Waals surface area contributed by atoms with Crippen molar-refractivity contribution in [2.24, 2.45) is 5.92 Å². The van der Waals surface area contributed by atoms with E-state index in [1.54, 1.807) is 0 Å². The smallest absolute Gasteiger partial charge is 0.306 e. The summed E-state index contributed by atoms with van der Waals surface area (Å²) in [5.74, 6) is -0.129. The third-order valence-corrected chi connectivity index (χ3v) is 2.92. The molecule has 16 heavy (non-hydrogen) atoms. The van der Waals surface area contributed by atoms with Crippen LogP contribution in [0, 0.1) is 5.92 Å². The molecule has 1 N–H and O–H groups in total. The van der Waals surface area contributed by atoms with Gasteiger partial charge in [0.25, 0.3) is 0 Å². The Morgan fingerprint density at radius 1 is 1.25 bits per heavy atom. The Morgan fingerprint density at radius 2 is 1.88 bits per heavy atom. The Morgan fingerprint density at radius 3 is 2.31 bits per heavy atom. The molecule has 0 aliphatic carbocycles. The summed E-state index contributed by atoms with van der Waals surface area (Å²) in [5.41, 5.74) is 0. The van der Waals surface area contributed by atoms with Crippen molar-refractivity contribution in [3.8, 4) is 0 Å². The molecule has 0 amide bonds. The lowest BCUT2D eigenvalue weighted by molar-refractivity contribution is -0.154. The van der Waals surface area contributed by atoms with Gasteiger partial charge in [-0.15, -0.1) is 0 Å². The van der Waals surface area contributed by atoms with Crippen molar-refractivity contribution in [1.29, 1.82) is 0 Å². The second-order valence-electron chi connectivity index (χ2n) is 4.40. The van der Waals surface area contributed by atoms with Crippen LogP contribution in [0.3, 0.4) is 0 Å². The summed E-state index contributed by atoms with van der Waals surface area (Å²) in [6.45, 7) is 7.93. The first-order valence-electron chi connectivity index (χ1n) is 6.44. The molecule has 3 heteroatoms. The van der Waals surface area contributed by atoms with Crippen molar-refractivity contribution in [1.82, 2.24) is 0 Å². The van der Waals surface area contributed by atoms with Gasteiger partial charge in [-0.25, -0.2) is 0 Å². The Hall–Kier alpha value is -0.570. The summed E-state index contributed by atoms with van der Waals surface area (Å²) in [6.07, 6.45) is 3.23. The van der Waals surface area contributed by atoms with Crippen molar-refractivity contribution in [3.05, 3.63) is 0 Å². The molecule has 0 bridgehead atoms. The molecule has 0 unspecified atom stereocenters. The van der Waals surface area contributed by atoms with E-state index in [-0.39, 0.29) is 24.1 Å². The van der Waals surface area contributed by atoms with E-state index in [0.717, 1.165) is 25.7 Å². The summed E-state index contributed by atoms with van der Waals surface area (Å²) in [6, 6.07) is 0. The molecule has 0 fully saturated rings. The van der Waals surface area contributed by atoms with Gasteiger partial charge in [-0.3, -0.25) is 4.79 Å². The van der Waals surface area contributed by atoms with Crippen LogP contribution in [0.1, 0.15) is 59.8 Å². The minimum atomic E-state index is -0.371. The Bertz CT molecular complexity index is 192. The molecule has 3 atom stereocenters. The lowest BCUT2D eigenvalue weighted by Gasteiger charge is -2.27. The number of carbonyl (C=O) groups is 1. The largest absolute Gasteiger partial charge is 0.462 e. The SMILES string of the molecule is CCCC(=O)O[C@H](CC)[C@H](C)[C@H](O)CCC. The highest BCUT2D eigenvalue weighted by Gasteiger charge is 2.25. The van der Waals surface area contributed by atoms with E-state index in [1.807, 2.05) is 27.7 Å². The second kappa shape index (κ2) is 8.57. The molecule has 0 saturated carbocycles. The second-order valence-corrected chi connectivity index (χ2v) is 4.40. The summed E-state index contributed by atoms with van der Waals surface area (Å²) < 4.78 is 5.37. The summed E-state index contributed by atoms with van der Waals surface area (Å²) >= 11 is 0. The zero-order valence-corrected chi connectivity index (χ0v) is 11.0. The molecular formula is C13H26O3. The van der Waals surface area contributed by atoms with Crippen LogP contribution in [0.15, 0.2) is 0 Å². The molecule has 0 spiro atoms. The predicted molar refractivity (Wildman–Crippen MR) is 65.2 cm³/mol. The van der Waals surface area contributed by atoms with Crippen molar-refractivity contribution < 1.29 is 14.6 Å². The minimum absolute atomic E-state index is 0.0192. The zero-order valence-electron chi connectivity index (χ0n) is 11.0. The maximum Gasteiger partial charge on any atom is 0.306 e. The van der Waals surface area contributed by atoms with Crippen LogP contribution < -0.4 is 0 Å². The number of carbonyl (C=O) groups excluding carboxylic acids is 1. The topological polar surface area (TPSA) is 46.5 Å². The van der Waals surface area contributed by atoms with Gasteiger partial charge in [0.15, 0.2) is 0 Å². The highest BCUT2D eigenvalue weighted by molar-refractivity contribution is 5.69. The van der Waals surface area contributed by atoms with Gasteiger partial charge in [-0.2, -0.15) is 0 Å². The Balaban J connectivity index is 4.19. The van der Waals surface area contributed by atoms with Gasteiger partial charge in [0, 0.05) is 12.3 Å². The zero-order chi connectivity index (χ0) is 12.6. The molecule has 0 heterocycles. The first-order chi connectivity index (χ1) is 7.56. The fourth-order valence-electron chi connectivity index (χ4n) is 1.80. The van der Waals surface area contributed by atoms with Crippen molar-refractivity contribution in [2.45, 2.75) is 72.0 Å². The highest BCUT2D eigenvalue weighted by Crippen LogP contribution is 2.19. The van der Waals surface area contributed by atoms with E-state index in [4.69, 9.17) is 4.74 Å². The maximum atomic E-state index is 11.4. The first kappa shape index (κ1) is 15.4. The van der Waals surface area contributed by atoms with Crippen molar-refractivity contribution in [3.63, 3.8) is 0 Å². The number of aliphatic hydroxyl groups excluding tert-OH is 1. The summed E-state index contributed by atoms with van der Waals surface area (Å²) in [5, 5.41) is 9.87. The lowest BCUT2D eigenvalue weighted by atomic mass is 9.93. The quantitative estimate of drug-likeness (QED) is 0.652. The molecule has 0 aromatic rings. The van der Waals surface area contributed by atoms with Crippen LogP contribution in [0.2, 0.25) is 0 Å². The summed E-state index contributed by atoms with van der Waals surface area (Å²) in [4.78, 5) is 11.4. The number of ether oxygens (including phenoxy) is 1. The molecule has 0 aliphatic rings. The van der Waals surface area contributed by atoms with Gasteiger partial charge >= 0.3 is 5.97 Å². The van der Waals surface area contributed by atoms with Crippen LogP contribution in [0.4, 0.5) is 0 Å². The van der Waals surface area contributed by atoms with Gasteiger partial charge in [-0.1, -0.05) is 34.1 Å². The molecule has 3 nitrogen and oxygen atoms in total. The molecule has 96 valence electrons. The standard InChI is InChI=1S/C13H26O3/c1-5-8-11(14)10(4)12(7-3)16-13(15)9-6-2/h10-12,14H,5-9H2,1-4H3/t10-,11-,12-/m1/s1. The third kappa shape index (κ3) is 5.50. The number of hydrogen-bond donors (Lipinski definition) is 1. The Kier molecular flexibility index (Phi) is 8.26. The van der Waals surface area contributed by atoms with E-state index in [2.05, 4.69) is 0 Å². The van der Waals surface area contributed by atoms with Crippen LogP contribution >= 0.6 is 0 Å². The number of esters is 1. The highest BCUT2D eigenvalue weighted by atomic mass is 16.5. The van der Waals surface area contributed by atoms with Crippen LogP contribution in [0.25, 0.3) is 0 Å². The lowest BCUT2D eigenvalue weighted by Crippen LogP contribution is -2.32. The molecular weight excluding hydrogens is 204 g/mol. The minimum Gasteiger partial charge on any atom is -0.462 e. The van der Waals surface area contributed by atoms with E-state index in [0.29, 0.717) is 6.42 Å². The van der Waals surface area contributed by atoms with Gasteiger partial charge < -0.3 is 9.84 Å². The van der Waals surface area contributed by atoms with Crippen molar-refractivity contribution in [2.75, 3.05) is 0 Å². The monoisotopic (exact) mass is 230 g/mol. The van der Waals surface area contributed by atoms with Gasteiger partial charge in [0.05, 0.1) is 6.10 Å². The molecule has 0 radical (unpaired) electrons. The van der Waals surface area contributed by atoms with Crippen LogP contribution in [0.5, 0.6) is 0 Å². The fraction of sp³-hybridized carbons (Fsp3) is 0.923. The average molecular weight is 230 g/mol. The Labute approximate surface area is 99.2 Å². The van der Waals surface area contributed by atoms with Crippen molar-refractivity contribution >= 4 is 5.97 Å². The van der Waals surface area contributed by atoms with Gasteiger partial charge in [-0.05, 0) is 19.3 Å². The number of hydrogen-bond acceptors (Lipinski definition) is 3. The average Bonchev–Trinajstić information content (AvgIpc) is 2.25. The molecule has 0 aromatic carbocycles. The van der Waals surface area contributed by atoms with E-state index in [1.165, 1.54) is 0 Å². The fourth-order valence-corrected chi connectivity index (χ4v) is 1.80. The normalized spacial score (nSPS) is 16.6.